The van der Waals surface area contributed by atoms with Gasteiger partial charge in [0.2, 0.25) is 5.91 Å². The Balaban J connectivity index is 2.29. The Morgan fingerprint density at radius 1 is 1.42 bits per heavy atom. The SMILES string of the molecule is CC(=O)NCCCN(C)CC(O)c1ccc(Br)cc1. The van der Waals surface area contributed by atoms with Crippen LogP contribution in [0.4, 0.5) is 0 Å². The summed E-state index contributed by atoms with van der Waals surface area (Å²) in [4.78, 5) is 12.8. The molecule has 1 aromatic carbocycles. The first-order chi connectivity index (χ1) is 8.99. The molecule has 0 aliphatic heterocycles. The number of benzene rings is 1. The topological polar surface area (TPSA) is 52.6 Å². The van der Waals surface area contributed by atoms with Crippen LogP contribution >= 0.6 is 15.9 Å². The van der Waals surface area contributed by atoms with Crippen LogP contribution in [0.25, 0.3) is 0 Å². The molecule has 0 spiro atoms. The minimum absolute atomic E-state index is 0.00227. The zero-order chi connectivity index (χ0) is 14.3. The molecule has 0 aliphatic carbocycles. The number of amides is 1. The molecule has 1 aromatic rings. The van der Waals surface area contributed by atoms with Crippen LogP contribution in [0.1, 0.15) is 25.0 Å². The number of rotatable bonds is 7. The highest BCUT2D eigenvalue weighted by atomic mass is 79.9. The second-order valence-electron chi connectivity index (χ2n) is 4.67. The van der Waals surface area contributed by atoms with Gasteiger partial charge in [-0.25, -0.2) is 0 Å². The highest BCUT2D eigenvalue weighted by Gasteiger charge is 2.10. The normalized spacial score (nSPS) is 12.5. The van der Waals surface area contributed by atoms with E-state index in [2.05, 4.69) is 26.1 Å². The first-order valence-corrected chi connectivity index (χ1v) is 7.15. The predicted molar refractivity (Wildman–Crippen MR) is 79.9 cm³/mol. The van der Waals surface area contributed by atoms with E-state index in [0.717, 1.165) is 23.0 Å². The molecule has 0 heterocycles. The second kappa shape index (κ2) is 8.30. The van der Waals surface area contributed by atoms with Gasteiger partial charge in [-0.15, -0.1) is 0 Å². The van der Waals surface area contributed by atoms with Crippen LogP contribution < -0.4 is 5.32 Å². The number of hydrogen-bond donors (Lipinski definition) is 2. The van der Waals surface area contributed by atoms with Crippen molar-refractivity contribution in [2.75, 3.05) is 26.7 Å². The lowest BCUT2D eigenvalue weighted by molar-refractivity contribution is -0.118. The zero-order valence-electron chi connectivity index (χ0n) is 11.4. The van der Waals surface area contributed by atoms with Crippen molar-refractivity contribution in [2.45, 2.75) is 19.4 Å². The molecule has 0 saturated carbocycles. The molecule has 5 heteroatoms. The molecular formula is C14H21BrN2O2. The van der Waals surface area contributed by atoms with E-state index in [0.29, 0.717) is 13.1 Å². The van der Waals surface area contributed by atoms with Crippen molar-refractivity contribution in [1.29, 1.82) is 0 Å². The smallest absolute Gasteiger partial charge is 0.216 e. The lowest BCUT2D eigenvalue weighted by Gasteiger charge is -2.20. The minimum atomic E-state index is -0.487. The Morgan fingerprint density at radius 3 is 2.63 bits per heavy atom. The van der Waals surface area contributed by atoms with Crippen LogP contribution in [-0.4, -0.2) is 42.6 Å². The molecule has 1 atom stereocenters. The third kappa shape index (κ3) is 6.71. The summed E-state index contributed by atoms with van der Waals surface area (Å²) in [6.07, 6.45) is 0.391. The number of carbonyl (C=O) groups is 1. The molecule has 0 bridgehead atoms. The molecule has 1 unspecified atom stereocenters. The third-order valence-corrected chi connectivity index (χ3v) is 3.36. The molecule has 1 rings (SSSR count). The quantitative estimate of drug-likeness (QED) is 0.752. The molecule has 2 N–H and O–H groups in total. The third-order valence-electron chi connectivity index (χ3n) is 2.83. The van der Waals surface area contributed by atoms with E-state index >= 15 is 0 Å². The van der Waals surface area contributed by atoms with Crippen molar-refractivity contribution in [2.24, 2.45) is 0 Å². The number of nitrogens with one attached hydrogen (secondary N) is 1. The summed E-state index contributed by atoms with van der Waals surface area (Å²) in [5.74, 6) is -0.00227. The Morgan fingerprint density at radius 2 is 2.05 bits per heavy atom. The van der Waals surface area contributed by atoms with E-state index in [-0.39, 0.29) is 5.91 Å². The fraction of sp³-hybridized carbons (Fsp3) is 0.500. The molecule has 106 valence electrons. The van der Waals surface area contributed by atoms with Crippen molar-refractivity contribution in [1.82, 2.24) is 10.2 Å². The van der Waals surface area contributed by atoms with Crippen molar-refractivity contribution in [3.63, 3.8) is 0 Å². The fourth-order valence-corrected chi connectivity index (χ4v) is 2.05. The molecule has 0 fully saturated rings. The summed E-state index contributed by atoms with van der Waals surface area (Å²) in [5.41, 5.74) is 0.914. The van der Waals surface area contributed by atoms with Gasteiger partial charge >= 0.3 is 0 Å². The van der Waals surface area contributed by atoms with E-state index in [4.69, 9.17) is 0 Å². The number of hydrogen-bond acceptors (Lipinski definition) is 3. The minimum Gasteiger partial charge on any atom is -0.387 e. The number of aliphatic hydroxyl groups is 1. The van der Waals surface area contributed by atoms with Gasteiger partial charge in [-0.3, -0.25) is 4.79 Å². The summed E-state index contributed by atoms with van der Waals surface area (Å²) < 4.78 is 1.01. The van der Waals surface area contributed by atoms with Gasteiger partial charge in [-0.2, -0.15) is 0 Å². The molecule has 19 heavy (non-hydrogen) atoms. The first kappa shape index (κ1) is 16.1. The van der Waals surface area contributed by atoms with E-state index in [1.54, 1.807) is 0 Å². The van der Waals surface area contributed by atoms with E-state index in [1.807, 2.05) is 31.3 Å². The fourth-order valence-electron chi connectivity index (χ4n) is 1.79. The van der Waals surface area contributed by atoms with Crippen LogP contribution in [0.15, 0.2) is 28.7 Å². The molecule has 0 aliphatic rings. The van der Waals surface area contributed by atoms with Crippen molar-refractivity contribution in [3.05, 3.63) is 34.3 Å². The molecule has 0 aromatic heterocycles. The van der Waals surface area contributed by atoms with Crippen molar-refractivity contribution in [3.8, 4) is 0 Å². The molecule has 4 nitrogen and oxygen atoms in total. The van der Waals surface area contributed by atoms with Gasteiger partial charge in [0, 0.05) is 24.5 Å². The molecule has 1 amide bonds. The maximum atomic E-state index is 10.7. The number of nitrogens with zero attached hydrogens (tertiary/aromatic N) is 1. The molecular weight excluding hydrogens is 308 g/mol. The number of halogens is 1. The Kier molecular flexibility index (Phi) is 7.05. The van der Waals surface area contributed by atoms with Gasteiger partial charge in [0.1, 0.15) is 0 Å². The summed E-state index contributed by atoms with van der Waals surface area (Å²) in [5, 5.41) is 12.9. The zero-order valence-corrected chi connectivity index (χ0v) is 13.0. The van der Waals surface area contributed by atoms with E-state index < -0.39 is 6.10 Å². The highest BCUT2D eigenvalue weighted by molar-refractivity contribution is 9.10. The van der Waals surface area contributed by atoms with Gasteiger partial charge < -0.3 is 15.3 Å². The van der Waals surface area contributed by atoms with Gasteiger partial charge in [-0.05, 0) is 37.7 Å². The van der Waals surface area contributed by atoms with Gasteiger partial charge in [0.15, 0.2) is 0 Å². The van der Waals surface area contributed by atoms with Crippen LogP contribution in [-0.2, 0) is 4.79 Å². The maximum absolute atomic E-state index is 10.7. The summed E-state index contributed by atoms with van der Waals surface area (Å²) >= 11 is 3.37. The van der Waals surface area contributed by atoms with E-state index in [9.17, 15) is 9.90 Å². The summed E-state index contributed by atoms with van der Waals surface area (Å²) in [6, 6.07) is 7.68. The predicted octanol–water partition coefficient (Wildman–Crippen LogP) is 1.94. The lowest BCUT2D eigenvalue weighted by Crippen LogP contribution is -2.29. The monoisotopic (exact) mass is 328 g/mol. The first-order valence-electron chi connectivity index (χ1n) is 6.35. The van der Waals surface area contributed by atoms with Crippen molar-refractivity contribution >= 4 is 21.8 Å². The molecule has 0 saturated heterocycles. The van der Waals surface area contributed by atoms with Crippen LogP contribution in [0.3, 0.4) is 0 Å². The second-order valence-corrected chi connectivity index (χ2v) is 5.58. The standard InChI is InChI=1S/C14H21BrN2O2/c1-11(18)16-8-3-9-17(2)10-14(19)12-4-6-13(15)7-5-12/h4-7,14,19H,3,8-10H2,1-2H3,(H,16,18). The van der Waals surface area contributed by atoms with Gasteiger partial charge in [0.05, 0.1) is 6.10 Å². The highest BCUT2D eigenvalue weighted by Crippen LogP contribution is 2.17. The van der Waals surface area contributed by atoms with Crippen LogP contribution in [0, 0.1) is 0 Å². The number of aliphatic hydroxyl groups excluding tert-OH is 1. The average molecular weight is 329 g/mol. The van der Waals surface area contributed by atoms with Crippen LogP contribution in [0.2, 0.25) is 0 Å². The van der Waals surface area contributed by atoms with Crippen LogP contribution in [0.5, 0.6) is 0 Å². The number of likely N-dealkylation sites (N-methyl/N-ethyl adjacent to an activating group) is 1. The number of carbonyl (C=O) groups excluding carboxylic acids is 1. The Labute approximate surface area is 122 Å². The Hall–Kier alpha value is -0.910. The maximum Gasteiger partial charge on any atom is 0.216 e. The summed E-state index contributed by atoms with van der Waals surface area (Å²) in [6.45, 7) is 3.62. The Bertz CT molecular complexity index is 395. The molecule has 0 radical (unpaired) electrons. The van der Waals surface area contributed by atoms with Crippen molar-refractivity contribution < 1.29 is 9.90 Å². The average Bonchev–Trinajstić information content (AvgIpc) is 2.35. The lowest BCUT2D eigenvalue weighted by atomic mass is 10.1. The largest absolute Gasteiger partial charge is 0.387 e. The van der Waals surface area contributed by atoms with E-state index in [1.165, 1.54) is 6.92 Å². The summed E-state index contributed by atoms with van der Waals surface area (Å²) in [7, 11) is 1.97. The van der Waals surface area contributed by atoms with Gasteiger partial charge in [-0.1, -0.05) is 28.1 Å². The van der Waals surface area contributed by atoms with Gasteiger partial charge in [0.25, 0.3) is 0 Å².